The summed E-state index contributed by atoms with van der Waals surface area (Å²) in [6.45, 7) is 7.86. The van der Waals surface area contributed by atoms with Crippen molar-refractivity contribution in [2.75, 3.05) is 0 Å². The number of hydrogen-bond acceptors (Lipinski definition) is 2. The minimum Gasteiger partial charge on any atom is -0.481 e. The highest BCUT2D eigenvalue weighted by molar-refractivity contribution is 6.31. The third-order valence-corrected chi connectivity index (χ3v) is 4.43. The Morgan fingerprint density at radius 1 is 1.17 bits per heavy atom. The minimum absolute atomic E-state index is 0.0669. The zero-order valence-electron chi connectivity index (χ0n) is 14.6. The molecule has 0 unspecified atom stereocenters. The van der Waals surface area contributed by atoms with E-state index in [4.69, 9.17) is 16.3 Å². The Morgan fingerprint density at radius 3 is 2.42 bits per heavy atom. The number of nitrogens with one attached hydrogen (secondary N) is 1. The van der Waals surface area contributed by atoms with Crippen molar-refractivity contribution in [3.63, 3.8) is 0 Å². The van der Waals surface area contributed by atoms with E-state index in [9.17, 15) is 4.79 Å². The zero-order valence-corrected chi connectivity index (χ0v) is 15.4. The van der Waals surface area contributed by atoms with E-state index >= 15 is 0 Å². The molecule has 3 nitrogen and oxygen atoms in total. The Labute approximate surface area is 149 Å². The maximum Gasteiger partial charge on any atom is 0.261 e. The molecule has 1 N–H and O–H groups in total. The van der Waals surface area contributed by atoms with Gasteiger partial charge in [-0.15, -0.1) is 0 Å². The fourth-order valence-electron chi connectivity index (χ4n) is 2.42. The second-order valence-electron chi connectivity index (χ2n) is 6.07. The van der Waals surface area contributed by atoms with Crippen molar-refractivity contribution < 1.29 is 9.53 Å². The van der Waals surface area contributed by atoms with Crippen LogP contribution >= 0.6 is 11.6 Å². The Balaban J connectivity index is 2.02. The topological polar surface area (TPSA) is 38.3 Å². The molecule has 0 saturated heterocycles. The highest BCUT2D eigenvalue weighted by Crippen LogP contribution is 2.22. The fourth-order valence-corrected chi connectivity index (χ4v) is 2.54. The van der Waals surface area contributed by atoms with Gasteiger partial charge in [0.2, 0.25) is 0 Å². The third-order valence-electron chi connectivity index (χ3n) is 4.01. The summed E-state index contributed by atoms with van der Waals surface area (Å²) in [6, 6.07) is 13.5. The first-order valence-electron chi connectivity index (χ1n) is 8.20. The second-order valence-corrected chi connectivity index (χ2v) is 6.47. The van der Waals surface area contributed by atoms with Gasteiger partial charge in [0.25, 0.3) is 5.91 Å². The fraction of sp³-hybridized carbons (Fsp3) is 0.350. The standard InChI is InChI=1S/C20H24ClNO2/c1-5-19(24-17-10-11-18(21)14(3)12-17)20(23)22-15(4)16-8-6-13(2)7-9-16/h6-12,15,19H,5H2,1-4H3,(H,22,23)/t15-,19+/m1/s1. The summed E-state index contributed by atoms with van der Waals surface area (Å²) in [6.07, 6.45) is 0.0622. The molecule has 0 aliphatic rings. The Hall–Kier alpha value is -2.00. The molecule has 2 rings (SSSR count). The van der Waals surface area contributed by atoms with Crippen LogP contribution in [0.4, 0.5) is 0 Å². The predicted molar refractivity (Wildman–Crippen MR) is 98.6 cm³/mol. The molecule has 0 aliphatic heterocycles. The molecule has 0 aliphatic carbocycles. The van der Waals surface area contributed by atoms with Crippen LogP contribution in [0, 0.1) is 13.8 Å². The quantitative estimate of drug-likeness (QED) is 0.800. The van der Waals surface area contributed by atoms with E-state index in [0.29, 0.717) is 17.2 Å². The van der Waals surface area contributed by atoms with E-state index in [2.05, 4.69) is 5.32 Å². The molecule has 2 aromatic rings. The number of ether oxygens (including phenoxy) is 1. The van der Waals surface area contributed by atoms with Crippen LogP contribution in [-0.2, 0) is 4.79 Å². The molecule has 0 heterocycles. The van der Waals surface area contributed by atoms with Crippen LogP contribution in [0.5, 0.6) is 5.75 Å². The van der Waals surface area contributed by atoms with Gasteiger partial charge in [0, 0.05) is 5.02 Å². The van der Waals surface area contributed by atoms with Crippen molar-refractivity contribution in [3.8, 4) is 5.75 Å². The first kappa shape index (κ1) is 18.3. The van der Waals surface area contributed by atoms with Crippen molar-refractivity contribution in [2.45, 2.75) is 46.3 Å². The molecule has 0 aromatic heterocycles. The molecule has 2 aromatic carbocycles. The first-order valence-corrected chi connectivity index (χ1v) is 8.58. The number of carbonyl (C=O) groups excluding carboxylic acids is 1. The van der Waals surface area contributed by atoms with Crippen LogP contribution in [0.3, 0.4) is 0 Å². The predicted octanol–water partition coefficient (Wildman–Crippen LogP) is 4.99. The van der Waals surface area contributed by atoms with Gasteiger partial charge in [-0.05, 0) is 56.5 Å². The van der Waals surface area contributed by atoms with E-state index in [1.54, 1.807) is 12.1 Å². The van der Waals surface area contributed by atoms with Gasteiger partial charge < -0.3 is 10.1 Å². The van der Waals surface area contributed by atoms with Gasteiger partial charge in [0.05, 0.1) is 6.04 Å². The highest BCUT2D eigenvalue weighted by atomic mass is 35.5. The van der Waals surface area contributed by atoms with Crippen LogP contribution in [0.25, 0.3) is 0 Å². The molecule has 0 radical (unpaired) electrons. The van der Waals surface area contributed by atoms with Crippen LogP contribution in [0.15, 0.2) is 42.5 Å². The molecule has 24 heavy (non-hydrogen) atoms. The van der Waals surface area contributed by atoms with Crippen molar-refractivity contribution in [3.05, 3.63) is 64.2 Å². The number of halogens is 1. The molecular weight excluding hydrogens is 322 g/mol. The maximum absolute atomic E-state index is 12.5. The lowest BCUT2D eigenvalue weighted by Crippen LogP contribution is -2.39. The smallest absolute Gasteiger partial charge is 0.261 e. The lowest BCUT2D eigenvalue weighted by Gasteiger charge is -2.21. The van der Waals surface area contributed by atoms with Crippen molar-refractivity contribution >= 4 is 17.5 Å². The van der Waals surface area contributed by atoms with Crippen molar-refractivity contribution in [1.82, 2.24) is 5.32 Å². The molecule has 128 valence electrons. The molecule has 2 atom stereocenters. The van der Waals surface area contributed by atoms with E-state index in [1.165, 1.54) is 5.56 Å². The summed E-state index contributed by atoms with van der Waals surface area (Å²) in [4.78, 5) is 12.5. The lowest BCUT2D eigenvalue weighted by atomic mass is 10.1. The first-order chi connectivity index (χ1) is 11.4. The summed E-state index contributed by atoms with van der Waals surface area (Å²) >= 11 is 6.03. The summed E-state index contributed by atoms with van der Waals surface area (Å²) in [7, 11) is 0. The third kappa shape index (κ3) is 4.75. The zero-order chi connectivity index (χ0) is 17.7. The average Bonchev–Trinajstić information content (AvgIpc) is 2.56. The summed E-state index contributed by atoms with van der Waals surface area (Å²) in [5.74, 6) is 0.542. The van der Waals surface area contributed by atoms with Gasteiger partial charge in [0.15, 0.2) is 6.10 Å². The molecule has 0 spiro atoms. The van der Waals surface area contributed by atoms with E-state index in [-0.39, 0.29) is 11.9 Å². The molecule has 4 heteroatoms. The second kappa shape index (κ2) is 8.20. The molecule has 0 bridgehead atoms. The lowest BCUT2D eigenvalue weighted by molar-refractivity contribution is -0.128. The molecular formula is C20H24ClNO2. The number of rotatable bonds is 6. The highest BCUT2D eigenvalue weighted by Gasteiger charge is 2.20. The molecule has 0 saturated carbocycles. The van der Waals surface area contributed by atoms with Crippen molar-refractivity contribution in [1.29, 1.82) is 0 Å². The van der Waals surface area contributed by atoms with Gasteiger partial charge in [-0.1, -0.05) is 48.4 Å². The molecule has 1 amide bonds. The SMILES string of the molecule is CC[C@H](Oc1ccc(Cl)c(C)c1)C(=O)N[C@H](C)c1ccc(C)cc1. The molecule has 0 fully saturated rings. The number of aryl methyl sites for hydroxylation is 2. The summed E-state index contributed by atoms with van der Waals surface area (Å²) in [5.41, 5.74) is 3.20. The van der Waals surface area contributed by atoms with Crippen LogP contribution < -0.4 is 10.1 Å². The van der Waals surface area contributed by atoms with E-state index in [0.717, 1.165) is 11.1 Å². The maximum atomic E-state index is 12.5. The summed E-state index contributed by atoms with van der Waals surface area (Å²) < 4.78 is 5.85. The van der Waals surface area contributed by atoms with Crippen molar-refractivity contribution in [2.24, 2.45) is 0 Å². The Kier molecular flexibility index (Phi) is 6.27. The number of hydrogen-bond donors (Lipinski definition) is 1. The van der Waals surface area contributed by atoms with Gasteiger partial charge in [-0.25, -0.2) is 0 Å². The monoisotopic (exact) mass is 345 g/mol. The Bertz CT molecular complexity index is 697. The number of benzene rings is 2. The van der Waals surface area contributed by atoms with Crippen LogP contribution in [0.2, 0.25) is 5.02 Å². The average molecular weight is 346 g/mol. The number of carbonyl (C=O) groups is 1. The van der Waals surface area contributed by atoms with E-state index < -0.39 is 6.10 Å². The van der Waals surface area contributed by atoms with Crippen LogP contribution in [0.1, 0.15) is 43.0 Å². The van der Waals surface area contributed by atoms with Crippen LogP contribution in [-0.4, -0.2) is 12.0 Å². The normalized spacial score (nSPS) is 13.2. The van der Waals surface area contributed by atoms with E-state index in [1.807, 2.05) is 58.0 Å². The van der Waals surface area contributed by atoms with Gasteiger partial charge in [-0.2, -0.15) is 0 Å². The summed E-state index contributed by atoms with van der Waals surface area (Å²) in [5, 5.41) is 3.71. The largest absolute Gasteiger partial charge is 0.481 e. The van der Waals surface area contributed by atoms with Gasteiger partial charge in [0.1, 0.15) is 5.75 Å². The minimum atomic E-state index is -0.529. The van der Waals surface area contributed by atoms with Gasteiger partial charge in [-0.3, -0.25) is 4.79 Å². The van der Waals surface area contributed by atoms with Gasteiger partial charge >= 0.3 is 0 Å². The number of amides is 1. The Morgan fingerprint density at radius 2 is 1.83 bits per heavy atom.